The van der Waals surface area contributed by atoms with Crippen LogP contribution in [0, 0.1) is 6.92 Å². The minimum Gasteiger partial charge on any atom is -0.485 e. The van der Waals surface area contributed by atoms with Gasteiger partial charge in [0.05, 0.1) is 6.04 Å². The first kappa shape index (κ1) is 16.8. The Morgan fingerprint density at radius 2 is 1.81 bits per heavy atom. The summed E-state index contributed by atoms with van der Waals surface area (Å²) in [5, 5.41) is 6.55. The van der Waals surface area contributed by atoms with Gasteiger partial charge in [-0.05, 0) is 72.6 Å². The van der Waals surface area contributed by atoms with Gasteiger partial charge >= 0.3 is 0 Å². The summed E-state index contributed by atoms with van der Waals surface area (Å²) in [5.74, 6) is 1.11. The van der Waals surface area contributed by atoms with E-state index in [0.717, 1.165) is 31.6 Å². The zero-order valence-electron chi connectivity index (χ0n) is 16.0. The SMILES string of the molecule is Cc1ccc2c(c1)OC1(CCCC1)C(NCc1cccc3ccccc13)C2. The Hall–Kier alpha value is -2.32. The highest BCUT2D eigenvalue weighted by Gasteiger charge is 2.46. The van der Waals surface area contributed by atoms with Crippen LogP contribution in [0.4, 0.5) is 0 Å². The molecule has 0 saturated heterocycles. The van der Waals surface area contributed by atoms with Crippen molar-refractivity contribution in [3.63, 3.8) is 0 Å². The molecule has 5 rings (SSSR count). The first-order valence-electron chi connectivity index (χ1n) is 10.2. The highest BCUT2D eigenvalue weighted by Crippen LogP contribution is 2.43. The van der Waals surface area contributed by atoms with Crippen LogP contribution in [-0.4, -0.2) is 11.6 Å². The van der Waals surface area contributed by atoms with Crippen molar-refractivity contribution in [1.82, 2.24) is 5.32 Å². The van der Waals surface area contributed by atoms with Gasteiger partial charge in [-0.15, -0.1) is 0 Å². The monoisotopic (exact) mass is 357 g/mol. The lowest BCUT2D eigenvalue weighted by Crippen LogP contribution is -2.56. The summed E-state index contributed by atoms with van der Waals surface area (Å²) in [7, 11) is 0. The van der Waals surface area contributed by atoms with Gasteiger partial charge < -0.3 is 10.1 Å². The first-order chi connectivity index (χ1) is 13.2. The molecule has 1 fully saturated rings. The molecule has 1 saturated carbocycles. The van der Waals surface area contributed by atoms with Crippen molar-refractivity contribution < 1.29 is 4.74 Å². The second-order valence-electron chi connectivity index (χ2n) is 8.26. The third kappa shape index (κ3) is 3.02. The van der Waals surface area contributed by atoms with E-state index in [1.807, 2.05) is 0 Å². The van der Waals surface area contributed by atoms with Gasteiger partial charge in [0, 0.05) is 6.54 Å². The molecule has 0 amide bonds. The number of fused-ring (bicyclic) bond motifs is 2. The molecule has 3 aromatic rings. The molecule has 1 spiro atoms. The van der Waals surface area contributed by atoms with Crippen LogP contribution in [0.2, 0.25) is 0 Å². The van der Waals surface area contributed by atoms with Crippen LogP contribution in [0.3, 0.4) is 0 Å². The largest absolute Gasteiger partial charge is 0.485 e. The second kappa shape index (κ2) is 6.69. The average molecular weight is 357 g/mol. The third-order valence-electron chi connectivity index (χ3n) is 6.46. The molecule has 27 heavy (non-hydrogen) atoms. The molecule has 3 aromatic carbocycles. The normalized spacial score (nSPS) is 20.6. The van der Waals surface area contributed by atoms with Gasteiger partial charge in [0.1, 0.15) is 11.4 Å². The lowest BCUT2D eigenvalue weighted by molar-refractivity contribution is 0.0190. The van der Waals surface area contributed by atoms with Crippen LogP contribution in [0.5, 0.6) is 5.75 Å². The molecule has 138 valence electrons. The third-order valence-corrected chi connectivity index (χ3v) is 6.46. The summed E-state index contributed by atoms with van der Waals surface area (Å²) >= 11 is 0. The Bertz CT molecular complexity index is 966. The summed E-state index contributed by atoms with van der Waals surface area (Å²) in [6.07, 6.45) is 5.92. The minimum absolute atomic E-state index is 0.0363. The predicted molar refractivity (Wildman–Crippen MR) is 111 cm³/mol. The van der Waals surface area contributed by atoms with E-state index in [-0.39, 0.29) is 5.60 Å². The average Bonchev–Trinajstić information content (AvgIpc) is 3.15. The number of ether oxygens (including phenoxy) is 1. The number of nitrogens with one attached hydrogen (secondary N) is 1. The van der Waals surface area contributed by atoms with E-state index in [1.165, 1.54) is 40.3 Å². The van der Waals surface area contributed by atoms with E-state index in [0.29, 0.717) is 6.04 Å². The fourth-order valence-electron chi connectivity index (χ4n) is 4.98. The smallest absolute Gasteiger partial charge is 0.125 e. The van der Waals surface area contributed by atoms with Crippen LogP contribution < -0.4 is 10.1 Å². The molecule has 0 radical (unpaired) electrons. The van der Waals surface area contributed by atoms with Gasteiger partial charge in [-0.25, -0.2) is 0 Å². The first-order valence-corrected chi connectivity index (χ1v) is 10.2. The van der Waals surface area contributed by atoms with Crippen molar-refractivity contribution in [2.45, 2.75) is 57.2 Å². The van der Waals surface area contributed by atoms with Crippen molar-refractivity contribution in [2.24, 2.45) is 0 Å². The van der Waals surface area contributed by atoms with Crippen LogP contribution in [-0.2, 0) is 13.0 Å². The van der Waals surface area contributed by atoms with Crippen molar-refractivity contribution in [3.8, 4) is 5.75 Å². The van der Waals surface area contributed by atoms with Gasteiger partial charge in [-0.2, -0.15) is 0 Å². The Kier molecular flexibility index (Phi) is 4.17. The molecule has 1 heterocycles. The molecule has 2 aliphatic rings. The number of hydrogen-bond donors (Lipinski definition) is 1. The molecule has 1 unspecified atom stereocenters. The quantitative estimate of drug-likeness (QED) is 0.663. The number of aryl methyl sites for hydroxylation is 1. The highest BCUT2D eigenvalue weighted by molar-refractivity contribution is 5.85. The number of rotatable bonds is 3. The molecule has 1 N–H and O–H groups in total. The van der Waals surface area contributed by atoms with Crippen LogP contribution in [0.25, 0.3) is 10.8 Å². The Balaban J connectivity index is 1.43. The Labute approximate surface area is 161 Å². The summed E-state index contributed by atoms with van der Waals surface area (Å²) in [6.45, 7) is 3.04. The Morgan fingerprint density at radius 1 is 1.00 bits per heavy atom. The molecule has 2 nitrogen and oxygen atoms in total. The maximum atomic E-state index is 6.69. The highest BCUT2D eigenvalue weighted by atomic mass is 16.5. The Morgan fingerprint density at radius 3 is 2.70 bits per heavy atom. The lowest BCUT2D eigenvalue weighted by atomic mass is 9.84. The number of benzene rings is 3. The zero-order chi connectivity index (χ0) is 18.3. The zero-order valence-corrected chi connectivity index (χ0v) is 16.0. The fourth-order valence-corrected chi connectivity index (χ4v) is 4.98. The maximum absolute atomic E-state index is 6.69. The van der Waals surface area contributed by atoms with E-state index in [4.69, 9.17) is 4.74 Å². The van der Waals surface area contributed by atoms with Gasteiger partial charge in [0.25, 0.3) is 0 Å². The summed E-state index contributed by atoms with van der Waals surface area (Å²) in [4.78, 5) is 0. The van der Waals surface area contributed by atoms with Gasteiger partial charge in [0.15, 0.2) is 0 Å². The minimum atomic E-state index is -0.0363. The molecule has 2 heteroatoms. The van der Waals surface area contributed by atoms with Crippen LogP contribution in [0.15, 0.2) is 60.7 Å². The molecule has 0 aromatic heterocycles. The molecule has 0 bridgehead atoms. The topological polar surface area (TPSA) is 21.3 Å². The summed E-state index contributed by atoms with van der Waals surface area (Å²) < 4.78 is 6.69. The molecule has 1 atom stereocenters. The van der Waals surface area contributed by atoms with E-state index >= 15 is 0 Å². The maximum Gasteiger partial charge on any atom is 0.125 e. The number of hydrogen-bond acceptors (Lipinski definition) is 2. The van der Waals surface area contributed by atoms with Gasteiger partial charge in [-0.3, -0.25) is 0 Å². The van der Waals surface area contributed by atoms with E-state index in [2.05, 4.69) is 72.9 Å². The molecular formula is C25H27NO. The van der Waals surface area contributed by atoms with Crippen molar-refractivity contribution in [1.29, 1.82) is 0 Å². The summed E-state index contributed by atoms with van der Waals surface area (Å²) in [5.41, 5.74) is 3.96. The van der Waals surface area contributed by atoms with E-state index in [1.54, 1.807) is 0 Å². The van der Waals surface area contributed by atoms with Crippen molar-refractivity contribution in [2.75, 3.05) is 0 Å². The van der Waals surface area contributed by atoms with Crippen LogP contribution >= 0.6 is 0 Å². The summed E-state index contributed by atoms with van der Waals surface area (Å²) in [6, 6.07) is 22.3. The molecule has 1 aliphatic carbocycles. The van der Waals surface area contributed by atoms with E-state index in [9.17, 15) is 0 Å². The lowest BCUT2D eigenvalue weighted by Gasteiger charge is -2.43. The van der Waals surface area contributed by atoms with E-state index < -0.39 is 0 Å². The predicted octanol–water partition coefficient (Wildman–Crippen LogP) is 5.55. The van der Waals surface area contributed by atoms with Crippen molar-refractivity contribution in [3.05, 3.63) is 77.4 Å². The van der Waals surface area contributed by atoms with Gasteiger partial charge in [-0.1, -0.05) is 54.6 Å². The second-order valence-corrected chi connectivity index (χ2v) is 8.26. The molecule has 1 aliphatic heterocycles. The standard InChI is InChI=1S/C25H27NO/c1-18-11-12-20-16-24(25(13-4-5-14-25)27-23(20)15-18)26-17-21-9-6-8-19-7-2-3-10-22(19)21/h2-3,6-12,15,24,26H,4-5,13-14,16-17H2,1H3. The fraction of sp³-hybridized carbons (Fsp3) is 0.360. The van der Waals surface area contributed by atoms with Gasteiger partial charge in [0.2, 0.25) is 0 Å². The van der Waals surface area contributed by atoms with Crippen LogP contribution in [0.1, 0.15) is 42.4 Å². The van der Waals surface area contributed by atoms with Crippen molar-refractivity contribution >= 4 is 10.8 Å². The molecular weight excluding hydrogens is 330 g/mol.